The normalized spacial score (nSPS) is 38.6. The lowest BCUT2D eigenvalue weighted by Gasteiger charge is -2.54. The molecule has 0 aliphatic heterocycles. The summed E-state index contributed by atoms with van der Waals surface area (Å²) in [4.78, 5) is 0. The molecule has 0 spiro atoms. The Bertz CT molecular complexity index is 328. The molecule has 0 saturated heterocycles. The molecule has 4 rings (SSSR count). The average molecular weight is 324 g/mol. The van der Waals surface area contributed by atoms with Crippen LogP contribution in [0.1, 0.15) is 45.4 Å². The molecule has 0 amide bonds. The lowest BCUT2D eigenvalue weighted by molar-refractivity contribution is 0.0369. The van der Waals surface area contributed by atoms with Gasteiger partial charge in [-0.15, -0.1) is 0 Å². The largest absolute Gasteiger partial charge is 0.673 e. The fraction of sp³-hybridized carbons (Fsp3) is 0.867. The zero-order chi connectivity index (χ0) is 15.7. The quantitative estimate of drug-likeness (QED) is 0.293. The summed E-state index contributed by atoms with van der Waals surface area (Å²) in [6.45, 7) is 6.39. The molecule has 1 atom stereocenters. The fourth-order valence-electron chi connectivity index (χ4n) is 5.13. The second-order valence-corrected chi connectivity index (χ2v) is 9.59. The maximum absolute atomic E-state index is 9.75. The van der Waals surface area contributed by atoms with Crippen molar-refractivity contribution in [2.45, 2.75) is 50.2 Å². The highest BCUT2D eigenvalue weighted by Crippen LogP contribution is 2.59. The van der Waals surface area contributed by atoms with Crippen LogP contribution in [0.15, 0.2) is 12.7 Å². The van der Waals surface area contributed by atoms with E-state index in [0.29, 0.717) is 10.9 Å². The van der Waals surface area contributed by atoms with E-state index < -0.39 is 7.25 Å². The molecule has 0 aromatic rings. The molecule has 0 aromatic carbocycles. The van der Waals surface area contributed by atoms with Crippen LogP contribution in [0.2, 0.25) is 0 Å². The van der Waals surface area contributed by atoms with Gasteiger partial charge in [0.15, 0.2) is 0 Å². The van der Waals surface area contributed by atoms with Gasteiger partial charge in [-0.1, -0.05) is 6.58 Å². The molecule has 21 heavy (non-hydrogen) atoms. The predicted octanol–water partition coefficient (Wildman–Crippen LogP) is 5.08. The molecule has 4 saturated carbocycles. The Hall–Kier alpha value is -0.125. The van der Waals surface area contributed by atoms with E-state index in [1.807, 2.05) is 0 Å². The Morgan fingerprint density at radius 3 is 1.71 bits per heavy atom. The van der Waals surface area contributed by atoms with Gasteiger partial charge in [-0.25, -0.2) is 0 Å². The van der Waals surface area contributed by atoms with Crippen molar-refractivity contribution in [2.24, 2.45) is 17.8 Å². The molecule has 4 aliphatic carbocycles. The first kappa shape index (κ1) is 17.2. The van der Waals surface area contributed by atoms with Gasteiger partial charge in [-0.3, -0.25) is 0 Å². The van der Waals surface area contributed by atoms with Crippen molar-refractivity contribution in [1.29, 1.82) is 0 Å². The van der Waals surface area contributed by atoms with Crippen molar-refractivity contribution in [3.63, 3.8) is 0 Å². The van der Waals surface area contributed by atoms with Gasteiger partial charge in [0.05, 0.1) is 0 Å². The van der Waals surface area contributed by atoms with Gasteiger partial charge in [-0.05, 0) is 60.9 Å². The van der Waals surface area contributed by atoms with Crippen LogP contribution in [0, 0.1) is 17.8 Å². The molecular formula is C15H25BF4S. The van der Waals surface area contributed by atoms with Crippen molar-refractivity contribution in [3.8, 4) is 0 Å². The van der Waals surface area contributed by atoms with Gasteiger partial charge in [0.2, 0.25) is 0 Å². The third kappa shape index (κ3) is 4.43. The molecule has 0 aromatic heterocycles. The van der Waals surface area contributed by atoms with Crippen molar-refractivity contribution in [3.05, 3.63) is 12.7 Å². The van der Waals surface area contributed by atoms with E-state index in [0.717, 1.165) is 22.5 Å². The third-order valence-corrected chi connectivity index (χ3v) is 8.32. The van der Waals surface area contributed by atoms with Gasteiger partial charge < -0.3 is 17.3 Å². The number of hydrogen-bond donors (Lipinski definition) is 0. The van der Waals surface area contributed by atoms with Crippen LogP contribution in [-0.4, -0.2) is 23.5 Å². The lowest BCUT2D eigenvalue weighted by atomic mass is 9.56. The highest BCUT2D eigenvalue weighted by molar-refractivity contribution is 7.98. The summed E-state index contributed by atoms with van der Waals surface area (Å²) in [7, 11) is -5.35. The zero-order valence-corrected chi connectivity index (χ0v) is 13.5. The molecule has 0 heterocycles. The first-order valence-corrected chi connectivity index (χ1v) is 9.48. The van der Waals surface area contributed by atoms with E-state index in [-0.39, 0.29) is 0 Å². The Morgan fingerprint density at radius 1 is 1.05 bits per heavy atom. The summed E-state index contributed by atoms with van der Waals surface area (Å²) in [5.74, 6) is 6.02. The number of hydrogen-bond acceptors (Lipinski definition) is 0. The summed E-state index contributed by atoms with van der Waals surface area (Å²) in [5.41, 5.74) is 0. The van der Waals surface area contributed by atoms with E-state index in [4.69, 9.17) is 0 Å². The molecule has 6 heteroatoms. The van der Waals surface area contributed by atoms with Crippen LogP contribution in [0.3, 0.4) is 0 Å². The van der Waals surface area contributed by atoms with Crippen LogP contribution in [-0.2, 0) is 10.9 Å². The Kier molecular flexibility index (Phi) is 5.38. The monoisotopic (exact) mass is 324 g/mol. The van der Waals surface area contributed by atoms with Crippen LogP contribution < -0.4 is 0 Å². The minimum Gasteiger partial charge on any atom is -0.418 e. The van der Waals surface area contributed by atoms with E-state index in [2.05, 4.69) is 19.6 Å². The molecule has 122 valence electrons. The maximum Gasteiger partial charge on any atom is 0.673 e. The molecule has 0 radical (unpaired) electrons. The van der Waals surface area contributed by atoms with Crippen molar-refractivity contribution in [2.75, 3.05) is 11.5 Å². The topological polar surface area (TPSA) is 0 Å². The summed E-state index contributed by atoms with van der Waals surface area (Å²) < 4.78 is 39.8. The van der Waals surface area contributed by atoms with Crippen molar-refractivity contribution >= 4 is 18.1 Å². The number of rotatable bonds is 4. The summed E-state index contributed by atoms with van der Waals surface area (Å²) >= 11 is 0. The summed E-state index contributed by atoms with van der Waals surface area (Å²) in [6, 6.07) is 0. The second-order valence-electron chi connectivity index (χ2n) is 6.83. The van der Waals surface area contributed by atoms with Crippen LogP contribution in [0.4, 0.5) is 17.3 Å². The minimum absolute atomic E-state index is 0.646. The molecule has 0 N–H and O–H groups in total. The van der Waals surface area contributed by atoms with E-state index in [1.54, 1.807) is 38.5 Å². The van der Waals surface area contributed by atoms with Gasteiger partial charge >= 0.3 is 7.25 Å². The lowest BCUT2D eigenvalue weighted by Crippen LogP contribution is -2.55. The Morgan fingerprint density at radius 2 is 1.43 bits per heavy atom. The van der Waals surface area contributed by atoms with Gasteiger partial charge in [-0.2, -0.15) is 0 Å². The van der Waals surface area contributed by atoms with Crippen LogP contribution in [0.5, 0.6) is 0 Å². The van der Waals surface area contributed by atoms with Crippen LogP contribution >= 0.6 is 0 Å². The average Bonchev–Trinajstić information content (AvgIpc) is 2.31. The molecule has 4 aliphatic rings. The van der Waals surface area contributed by atoms with E-state index in [1.165, 1.54) is 11.5 Å². The second kappa shape index (κ2) is 6.55. The third-order valence-electron chi connectivity index (χ3n) is 5.26. The standard InChI is InChI=1S/C15H25S.BF4/c1-3-5-16(4-2)15-9-12-6-13(10-15)8-14(7-12)11-15;2-1(3,4)5/h3,12-14H,1,4-11H2,2H3;/q+1;-1. The molecule has 4 bridgehead atoms. The van der Waals surface area contributed by atoms with Gasteiger partial charge in [0.1, 0.15) is 16.3 Å². The summed E-state index contributed by atoms with van der Waals surface area (Å²) in [6.07, 6.45) is 11.6. The van der Waals surface area contributed by atoms with E-state index in [9.17, 15) is 17.3 Å². The molecular weight excluding hydrogens is 299 g/mol. The number of halogens is 4. The summed E-state index contributed by atoms with van der Waals surface area (Å²) in [5, 5.41) is 0. The zero-order valence-electron chi connectivity index (χ0n) is 12.7. The van der Waals surface area contributed by atoms with Gasteiger partial charge in [0.25, 0.3) is 0 Å². The Labute approximate surface area is 128 Å². The first-order chi connectivity index (χ1) is 9.75. The molecule has 4 fully saturated rings. The SMILES string of the molecule is C=CC[S+](CC)C12CC3CC(CC(C3)C1)C2.F[B-](F)(F)F. The highest BCUT2D eigenvalue weighted by Gasteiger charge is 2.58. The van der Waals surface area contributed by atoms with Crippen molar-refractivity contribution < 1.29 is 17.3 Å². The predicted molar refractivity (Wildman–Crippen MR) is 84.1 cm³/mol. The van der Waals surface area contributed by atoms with Gasteiger partial charge in [0, 0.05) is 19.3 Å². The molecule has 0 nitrogen and oxygen atoms in total. The fourth-order valence-corrected chi connectivity index (χ4v) is 8.03. The first-order valence-electron chi connectivity index (χ1n) is 7.91. The van der Waals surface area contributed by atoms with E-state index >= 15 is 0 Å². The van der Waals surface area contributed by atoms with Crippen LogP contribution in [0.25, 0.3) is 0 Å². The Balaban J connectivity index is 0.000000282. The highest BCUT2D eigenvalue weighted by atomic mass is 32.2. The van der Waals surface area contributed by atoms with Crippen molar-refractivity contribution in [1.82, 2.24) is 0 Å². The molecule has 1 unspecified atom stereocenters. The maximum atomic E-state index is 9.75. The smallest absolute Gasteiger partial charge is 0.418 e. The minimum atomic E-state index is -6.00.